The van der Waals surface area contributed by atoms with Crippen molar-refractivity contribution in [3.05, 3.63) is 0 Å². The van der Waals surface area contributed by atoms with Crippen LogP contribution in [0, 0.1) is 23.7 Å². The second-order valence-electron chi connectivity index (χ2n) is 28.6. The van der Waals surface area contributed by atoms with Crippen molar-refractivity contribution in [2.75, 3.05) is 39.6 Å². The normalized spacial score (nSPS) is 14.2. The number of carbonyl (C=O) groups is 4. The summed E-state index contributed by atoms with van der Waals surface area (Å²) in [6, 6.07) is 0. The van der Waals surface area contributed by atoms with Gasteiger partial charge in [0.15, 0.2) is 12.2 Å². The van der Waals surface area contributed by atoms with Crippen LogP contribution in [0.25, 0.3) is 0 Å². The third-order valence-corrected chi connectivity index (χ3v) is 19.0. The Bertz CT molecular complexity index is 1830. The minimum Gasteiger partial charge on any atom is -0.462 e. The van der Waals surface area contributed by atoms with Crippen LogP contribution in [0.3, 0.4) is 0 Å². The summed E-state index contributed by atoms with van der Waals surface area (Å²) >= 11 is 0. The molecule has 552 valence electrons. The summed E-state index contributed by atoms with van der Waals surface area (Å²) in [7, 11) is -9.91. The van der Waals surface area contributed by atoms with Crippen LogP contribution >= 0.6 is 15.6 Å². The number of aliphatic hydroxyl groups excluding tert-OH is 1. The molecule has 0 heterocycles. The van der Waals surface area contributed by atoms with Gasteiger partial charge < -0.3 is 33.8 Å². The maximum Gasteiger partial charge on any atom is 0.472 e. The van der Waals surface area contributed by atoms with E-state index >= 15 is 0 Å². The van der Waals surface area contributed by atoms with Gasteiger partial charge in [-0.2, -0.15) is 0 Å². The van der Waals surface area contributed by atoms with Crippen LogP contribution in [0.2, 0.25) is 0 Å². The topological polar surface area (TPSA) is 237 Å². The Hall–Kier alpha value is -1.94. The standard InChI is InChI=1S/C74H144O17P2/c1-64(2)50-42-34-26-20-16-12-9-10-14-18-22-30-38-46-54-71(76)84-60-70(91-74(79)57-49-41-33-25-29-37-45-53-67(7)8)63-89-93(82,83)87-59-68(75)58-86-92(80,81)88-62-69(61-85-72(77)55-47-39-32-24-28-36-44-52-66(5)6)90-73(78)56-48-40-31-23-19-15-11-13-17-21-27-35-43-51-65(3)4/h64-70,75H,9-63H2,1-8H3,(H,80,81)(H,82,83)/t68?,69-,70-/m1/s1. The predicted molar refractivity (Wildman–Crippen MR) is 377 cm³/mol. The second-order valence-corrected chi connectivity index (χ2v) is 31.5. The zero-order valence-electron chi connectivity index (χ0n) is 60.9. The van der Waals surface area contributed by atoms with Crippen LogP contribution in [0.1, 0.15) is 370 Å². The molecule has 0 radical (unpaired) electrons. The van der Waals surface area contributed by atoms with Crippen LogP contribution in [0.15, 0.2) is 0 Å². The quantitative estimate of drug-likeness (QED) is 0.0222. The first-order chi connectivity index (χ1) is 44.6. The van der Waals surface area contributed by atoms with Gasteiger partial charge in [0.25, 0.3) is 0 Å². The van der Waals surface area contributed by atoms with Crippen molar-refractivity contribution < 1.29 is 80.2 Å². The molecule has 3 unspecified atom stereocenters. The van der Waals surface area contributed by atoms with Crippen molar-refractivity contribution in [2.24, 2.45) is 23.7 Å². The SMILES string of the molecule is CC(C)CCCCCCCCCCCCCCCCC(=O)OC[C@H](COP(=O)(O)OCC(O)COP(=O)(O)OC[C@@H](COC(=O)CCCCCCCCCC(C)C)OC(=O)CCCCCCCCCCCCCCCC(C)C)OC(=O)CCCCCCCCCC(C)C. The lowest BCUT2D eigenvalue weighted by atomic mass is 10.0. The smallest absolute Gasteiger partial charge is 0.462 e. The summed E-state index contributed by atoms with van der Waals surface area (Å²) in [5, 5.41) is 10.6. The van der Waals surface area contributed by atoms with Gasteiger partial charge in [-0.25, -0.2) is 9.13 Å². The average Bonchev–Trinajstić information content (AvgIpc) is 1.99. The van der Waals surface area contributed by atoms with E-state index < -0.39 is 97.5 Å². The summed E-state index contributed by atoms with van der Waals surface area (Å²) in [6.07, 6.45) is 47.4. The Balaban J connectivity index is 5.20. The Morgan fingerprint density at radius 3 is 0.667 bits per heavy atom. The molecule has 3 N–H and O–H groups in total. The van der Waals surface area contributed by atoms with E-state index in [0.717, 1.165) is 108 Å². The van der Waals surface area contributed by atoms with Crippen molar-refractivity contribution in [1.82, 2.24) is 0 Å². The molecule has 0 fully saturated rings. The molecule has 0 aromatic heterocycles. The highest BCUT2D eigenvalue weighted by molar-refractivity contribution is 7.47. The van der Waals surface area contributed by atoms with Gasteiger partial charge in [-0.1, -0.05) is 319 Å². The van der Waals surface area contributed by atoms with Crippen LogP contribution in [0.4, 0.5) is 0 Å². The van der Waals surface area contributed by atoms with Crippen LogP contribution < -0.4 is 0 Å². The number of ether oxygens (including phenoxy) is 4. The Kier molecular flexibility index (Phi) is 62.2. The van der Waals surface area contributed by atoms with Crippen LogP contribution in [0.5, 0.6) is 0 Å². The third-order valence-electron chi connectivity index (χ3n) is 17.1. The molecule has 0 aliphatic carbocycles. The molecule has 0 saturated carbocycles. The maximum atomic E-state index is 13.0. The first kappa shape index (κ1) is 91.1. The summed E-state index contributed by atoms with van der Waals surface area (Å²) in [4.78, 5) is 72.7. The van der Waals surface area contributed by atoms with Crippen LogP contribution in [-0.2, 0) is 65.4 Å². The molecule has 0 rings (SSSR count). The van der Waals surface area contributed by atoms with Crippen LogP contribution in [-0.4, -0.2) is 96.7 Å². The van der Waals surface area contributed by atoms with E-state index in [1.54, 1.807) is 0 Å². The molecular formula is C74H144O17P2. The zero-order chi connectivity index (χ0) is 68.9. The summed E-state index contributed by atoms with van der Waals surface area (Å²) in [5.41, 5.74) is 0. The van der Waals surface area contributed by atoms with Crippen molar-refractivity contribution in [3.63, 3.8) is 0 Å². The average molecular weight is 1370 g/mol. The lowest BCUT2D eigenvalue weighted by Crippen LogP contribution is -2.30. The number of phosphoric acid groups is 2. The molecular weight excluding hydrogens is 1220 g/mol. The van der Waals surface area contributed by atoms with E-state index in [-0.39, 0.29) is 25.7 Å². The molecule has 0 aromatic rings. The lowest BCUT2D eigenvalue weighted by molar-refractivity contribution is -0.161. The summed E-state index contributed by atoms with van der Waals surface area (Å²) < 4.78 is 68.4. The molecule has 0 aliphatic heterocycles. The van der Waals surface area contributed by atoms with Gasteiger partial charge in [-0.15, -0.1) is 0 Å². The van der Waals surface area contributed by atoms with E-state index in [1.165, 1.54) is 167 Å². The number of aliphatic hydroxyl groups is 1. The monoisotopic (exact) mass is 1370 g/mol. The molecule has 0 aliphatic rings. The van der Waals surface area contributed by atoms with Crippen molar-refractivity contribution >= 4 is 39.5 Å². The molecule has 0 saturated heterocycles. The fourth-order valence-electron chi connectivity index (χ4n) is 11.2. The highest BCUT2D eigenvalue weighted by Crippen LogP contribution is 2.45. The summed E-state index contributed by atoms with van der Waals surface area (Å²) in [5.74, 6) is 0.860. The van der Waals surface area contributed by atoms with E-state index in [0.29, 0.717) is 37.5 Å². The number of hydrogen-bond acceptors (Lipinski definition) is 15. The number of rotatable bonds is 71. The number of phosphoric ester groups is 2. The van der Waals surface area contributed by atoms with Gasteiger partial charge in [0, 0.05) is 25.7 Å². The van der Waals surface area contributed by atoms with Gasteiger partial charge in [-0.05, 0) is 49.4 Å². The van der Waals surface area contributed by atoms with Gasteiger partial charge in [0.1, 0.15) is 19.3 Å². The minimum absolute atomic E-state index is 0.103. The van der Waals surface area contributed by atoms with E-state index in [4.69, 9.17) is 37.0 Å². The third kappa shape index (κ3) is 68.4. The molecule has 19 heteroatoms. The number of hydrogen-bond donors (Lipinski definition) is 3. The number of unbranched alkanes of at least 4 members (excludes halogenated alkanes) is 37. The molecule has 5 atom stereocenters. The molecule has 0 bridgehead atoms. The van der Waals surface area contributed by atoms with E-state index in [1.807, 2.05) is 0 Å². The highest BCUT2D eigenvalue weighted by atomic mass is 31.2. The first-order valence-corrected chi connectivity index (χ1v) is 41.2. The Labute approximate surface area is 568 Å². The first-order valence-electron chi connectivity index (χ1n) is 38.2. The van der Waals surface area contributed by atoms with Gasteiger partial charge in [-0.3, -0.25) is 37.3 Å². The fourth-order valence-corrected chi connectivity index (χ4v) is 12.8. The van der Waals surface area contributed by atoms with E-state index in [2.05, 4.69) is 55.4 Å². The Morgan fingerprint density at radius 1 is 0.269 bits per heavy atom. The van der Waals surface area contributed by atoms with Gasteiger partial charge in [0.2, 0.25) is 0 Å². The minimum atomic E-state index is -4.95. The molecule has 17 nitrogen and oxygen atoms in total. The highest BCUT2D eigenvalue weighted by Gasteiger charge is 2.30. The summed E-state index contributed by atoms with van der Waals surface area (Å²) in [6.45, 7) is 14.1. The predicted octanol–water partition coefficient (Wildman–Crippen LogP) is 21.3. The van der Waals surface area contributed by atoms with Gasteiger partial charge >= 0.3 is 39.5 Å². The van der Waals surface area contributed by atoms with Crippen molar-refractivity contribution in [1.29, 1.82) is 0 Å². The van der Waals surface area contributed by atoms with Crippen molar-refractivity contribution in [3.8, 4) is 0 Å². The van der Waals surface area contributed by atoms with Gasteiger partial charge in [0.05, 0.1) is 26.4 Å². The zero-order valence-corrected chi connectivity index (χ0v) is 62.7. The maximum absolute atomic E-state index is 13.0. The largest absolute Gasteiger partial charge is 0.472 e. The Morgan fingerprint density at radius 2 is 0.452 bits per heavy atom. The molecule has 0 aromatic carbocycles. The second kappa shape index (κ2) is 63.5. The molecule has 93 heavy (non-hydrogen) atoms. The number of carbonyl (C=O) groups excluding carboxylic acids is 4. The van der Waals surface area contributed by atoms with Crippen molar-refractivity contribution in [2.45, 2.75) is 388 Å². The fraction of sp³-hybridized carbons (Fsp3) is 0.946. The lowest BCUT2D eigenvalue weighted by Gasteiger charge is -2.21. The number of esters is 4. The molecule has 0 amide bonds. The van der Waals surface area contributed by atoms with E-state index in [9.17, 15) is 43.2 Å². The molecule has 0 spiro atoms.